The van der Waals surface area contributed by atoms with Crippen LogP contribution in [0.4, 0.5) is 0 Å². The average molecular weight is 264 g/mol. The Morgan fingerprint density at radius 3 is 2.55 bits per heavy atom. The van der Waals surface area contributed by atoms with Crippen molar-refractivity contribution in [2.75, 3.05) is 0 Å². The molecule has 1 aromatic rings. The third-order valence-corrected chi connectivity index (χ3v) is 4.80. The maximum atomic E-state index is 3.85. The first kappa shape index (κ1) is 13.7. The first-order chi connectivity index (χ1) is 9.79. The third-order valence-electron chi connectivity index (χ3n) is 4.80. The highest BCUT2D eigenvalue weighted by molar-refractivity contribution is 5.34. The number of fused-ring (bicyclic) bond motifs is 1. The van der Waals surface area contributed by atoms with Gasteiger partial charge in [0.25, 0.3) is 0 Å². The Morgan fingerprint density at radius 2 is 1.80 bits per heavy atom. The van der Waals surface area contributed by atoms with Gasteiger partial charge in [-0.05, 0) is 49.0 Å². The molecule has 2 aliphatic carbocycles. The molecule has 4 unspecified atom stereocenters. The van der Waals surface area contributed by atoms with E-state index in [2.05, 4.69) is 68.8 Å². The first-order valence-corrected chi connectivity index (χ1v) is 7.97. The molecule has 20 heavy (non-hydrogen) atoms. The van der Waals surface area contributed by atoms with Crippen LogP contribution in [-0.4, -0.2) is 0 Å². The fourth-order valence-electron chi connectivity index (χ4n) is 3.67. The largest absolute Gasteiger partial charge is 0.0805 e. The van der Waals surface area contributed by atoms with Crippen molar-refractivity contribution in [3.63, 3.8) is 0 Å². The number of benzene rings is 1. The average Bonchev–Trinajstić information content (AvgIpc) is 2.84. The summed E-state index contributed by atoms with van der Waals surface area (Å²) >= 11 is 0. The maximum Gasteiger partial charge on any atom is -0.000879 e. The minimum atomic E-state index is 0.504. The molecule has 0 N–H and O–H groups in total. The topological polar surface area (TPSA) is 0 Å². The van der Waals surface area contributed by atoms with Crippen molar-refractivity contribution in [2.24, 2.45) is 17.8 Å². The number of hydrogen-bond donors (Lipinski definition) is 0. The van der Waals surface area contributed by atoms with Crippen molar-refractivity contribution in [3.05, 3.63) is 66.1 Å². The van der Waals surface area contributed by atoms with E-state index in [9.17, 15) is 0 Å². The second-order valence-corrected chi connectivity index (χ2v) is 6.23. The van der Waals surface area contributed by atoms with Crippen LogP contribution < -0.4 is 0 Å². The Bertz CT molecular complexity index is 491. The minimum Gasteiger partial charge on any atom is -0.0805 e. The molecule has 104 valence electrons. The van der Waals surface area contributed by atoms with Crippen LogP contribution >= 0.6 is 0 Å². The van der Waals surface area contributed by atoms with Gasteiger partial charge in [-0.25, -0.2) is 0 Å². The molecular weight excluding hydrogens is 240 g/mol. The van der Waals surface area contributed by atoms with Crippen molar-refractivity contribution in [2.45, 2.75) is 39.0 Å². The lowest BCUT2D eigenvalue weighted by atomic mass is 9.79. The molecule has 1 saturated carbocycles. The Kier molecular flexibility index (Phi) is 4.10. The summed E-state index contributed by atoms with van der Waals surface area (Å²) in [6.45, 7) is 4.45. The zero-order valence-electron chi connectivity index (χ0n) is 12.5. The van der Waals surface area contributed by atoms with Crippen LogP contribution in [0, 0.1) is 31.1 Å². The summed E-state index contributed by atoms with van der Waals surface area (Å²) in [5, 5.41) is 0. The van der Waals surface area contributed by atoms with Gasteiger partial charge in [-0.15, -0.1) is 0 Å². The summed E-state index contributed by atoms with van der Waals surface area (Å²) in [7, 11) is 0. The summed E-state index contributed by atoms with van der Waals surface area (Å²) in [5.41, 5.74) is 2.79. The van der Waals surface area contributed by atoms with Crippen molar-refractivity contribution >= 4 is 0 Å². The van der Waals surface area contributed by atoms with E-state index < -0.39 is 0 Å². The van der Waals surface area contributed by atoms with E-state index in [4.69, 9.17) is 0 Å². The summed E-state index contributed by atoms with van der Waals surface area (Å²) < 4.78 is 0. The zero-order chi connectivity index (χ0) is 13.9. The summed E-state index contributed by atoms with van der Waals surface area (Å²) in [6.07, 6.45) is 16.9. The lowest BCUT2D eigenvalue weighted by Crippen LogP contribution is -2.15. The van der Waals surface area contributed by atoms with Gasteiger partial charge in [-0.2, -0.15) is 0 Å². The van der Waals surface area contributed by atoms with Crippen LogP contribution in [0.15, 0.2) is 48.6 Å². The van der Waals surface area contributed by atoms with Gasteiger partial charge < -0.3 is 0 Å². The highest BCUT2D eigenvalue weighted by Gasteiger charge is 2.41. The monoisotopic (exact) mass is 264 g/mol. The van der Waals surface area contributed by atoms with Crippen molar-refractivity contribution in [1.82, 2.24) is 0 Å². The first-order valence-electron chi connectivity index (χ1n) is 7.97. The van der Waals surface area contributed by atoms with Gasteiger partial charge in [-0.3, -0.25) is 0 Å². The van der Waals surface area contributed by atoms with E-state index in [0.29, 0.717) is 17.8 Å². The highest BCUT2D eigenvalue weighted by Crippen LogP contribution is 2.50. The summed E-state index contributed by atoms with van der Waals surface area (Å²) in [4.78, 5) is 0. The van der Waals surface area contributed by atoms with Gasteiger partial charge in [0, 0.05) is 0 Å². The molecular formula is C20H24. The minimum absolute atomic E-state index is 0.504. The van der Waals surface area contributed by atoms with Gasteiger partial charge >= 0.3 is 0 Å². The predicted molar refractivity (Wildman–Crippen MR) is 85.4 cm³/mol. The van der Waals surface area contributed by atoms with Gasteiger partial charge in [0.2, 0.25) is 0 Å². The van der Waals surface area contributed by atoms with Crippen LogP contribution in [0.5, 0.6) is 0 Å². The van der Waals surface area contributed by atoms with Gasteiger partial charge in [-0.1, -0.05) is 73.9 Å². The van der Waals surface area contributed by atoms with Crippen LogP contribution in [0.3, 0.4) is 0 Å². The molecule has 0 aliphatic heterocycles. The molecule has 0 nitrogen and oxygen atoms in total. The molecule has 0 spiro atoms. The molecule has 3 rings (SSSR count). The SMILES string of the molecule is CCCCC1C(c2ccc(C)cc2)[C]C2C=CC=CC21. The molecule has 0 heterocycles. The van der Waals surface area contributed by atoms with Crippen LogP contribution in [0.1, 0.15) is 43.2 Å². The predicted octanol–water partition coefficient (Wildman–Crippen LogP) is 5.34. The Hall–Kier alpha value is -1.30. The van der Waals surface area contributed by atoms with E-state index >= 15 is 0 Å². The van der Waals surface area contributed by atoms with E-state index in [-0.39, 0.29) is 0 Å². The lowest BCUT2D eigenvalue weighted by molar-refractivity contribution is 0.360. The molecule has 0 saturated heterocycles. The van der Waals surface area contributed by atoms with Crippen LogP contribution in [0.25, 0.3) is 0 Å². The standard InChI is InChI=1S/C20H24/c1-3-4-8-19-18-9-6-5-7-17(18)14-20(19)16-12-10-15(2)11-13-16/h5-7,9-13,17-20H,3-4,8H2,1-2H3. The quantitative estimate of drug-likeness (QED) is 0.688. The van der Waals surface area contributed by atoms with Crippen molar-refractivity contribution in [1.29, 1.82) is 0 Å². The number of rotatable bonds is 4. The van der Waals surface area contributed by atoms with Crippen LogP contribution in [0.2, 0.25) is 0 Å². The summed E-state index contributed by atoms with van der Waals surface area (Å²) in [6, 6.07) is 9.08. The lowest BCUT2D eigenvalue weighted by Gasteiger charge is -2.25. The summed E-state index contributed by atoms with van der Waals surface area (Å²) in [5.74, 6) is 2.42. The third kappa shape index (κ3) is 2.61. The number of aryl methyl sites for hydroxylation is 1. The normalized spacial score (nSPS) is 31.5. The number of unbranched alkanes of at least 4 members (excludes halogenated alkanes) is 1. The number of allylic oxidation sites excluding steroid dienone is 4. The molecule has 1 aromatic carbocycles. The Balaban J connectivity index is 1.85. The van der Waals surface area contributed by atoms with E-state index in [1.807, 2.05) is 0 Å². The van der Waals surface area contributed by atoms with Crippen molar-refractivity contribution in [3.8, 4) is 0 Å². The second kappa shape index (κ2) is 5.99. The molecule has 4 atom stereocenters. The molecule has 1 fully saturated rings. The molecule has 0 heteroatoms. The van der Waals surface area contributed by atoms with Gasteiger partial charge in [0.15, 0.2) is 0 Å². The highest BCUT2D eigenvalue weighted by atomic mass is 14.4. The molecule has 2 radical (unpaired) electrons. The van der Waals surface area contributed by atoms with E-state index in [0.717, 1.165) is 5.92 Å². The maximum absolute atomic E-state index is 3.85. The van der Waals surface area contributed by atoms with Crippen molar-refractivity contribution < 1.29 is 0 Å². The van der Waals surface area contributed by atoms with Crippen LogP contribution in [-0.2, 0) is 0 Å². The van der Waals surface area contributed by atoms with E-state index in [1.54, 1.807) is 0 Å². The molecule has 0 aromatic heterocycles. The fourth-order valence-corrected chi connectivity index (χ4v) is 3.67. The zero-order valence-corrected chi connectivity index (χ0v) is 12.5. The van der Waals surface area contributed by atoms with Gasteiger partial charge in [0.05, 0.1) is 0 Å². The second-order valence-electron chi connectivity index (χ2n) is 6.23. The molecule has 0 amide bonds. The smallest absolute Gasteiger partial charge is 0.000879 e. The molecule has 0 bridgehead atoms. The van der Waals surface area contributed by atoms with Gasteiger partial charge in [0.1, 0.15) is 0 Å². The number of hydrogen-bond acceptors (Lipinski definition) is 0. The fraction of sp³-hybridized carbons (Fsp3) is 0.450. The Morgan fingerprint density at radius 1 is 1.05 bits per heavy atom. The Labute approximate surface area is 123 Å². The van der Waals surface area contributed by atoms with E-state index in [1.165, 1.54) is 30.4 Å². The molecule has 2 aliphatic rings.